The van der Waals surface area contributed by atoms with E-state index in [0.29, 0.717) is 12.6 Å². The van der Waals surface area contributed by atoms with Gasteiger partial charge in [-0.3, -0.25) is 4.99 Å². The van der Waals surface area contributed by atoms with Gasteiger partial charge in [-0.05, 0) is 50.5 Å². The van der Waals surface area contributed by atoms with Crippen LogP contribution in [0, 0.1) is 0 Å². The number of nitrogens with zero attached hydrogens (tertiary/aromatic N) is 1. The molecule has 1 saturated carbocycles. The summed E-state index contributed by atoms with van der Waals surface area (Å²) in [6, 6.07) is 8.04. The lowest BCUT2D eigenvalue weighted by molar-refractivity contribution is 0.569. The molecule has 2 rings (SSSR count). The van der Waals surface area contributed by atoms with Crippen LogP contribution in [0.25, 0.3) is 0 Å². The Balaban J connectivity index is 1.83. The summed E-state index contributed by atoms with van der Waals surface area (Å²) < 4.78 is 26.6. The lowest BCUT2D eigenvalue weighted by Crippen LogP contribution is -2.42. The average Bonchev–Trinajstić information content (AvgIpc) is 3.06. The molecule has 8 heteroatoms. The van der Waals surface area contributed by atoms with Gasteiger partial charge in [-0.2, -0.15) is 11.8 Å². The molecule has 0 saturated heterocycles. The van der Waals surface area contributed by atoms with E-state index in [4.69, 9.17) is 0 Å². The predicted octanol–water partition coefficient (Wildman–Crippen LogP) is 2.46. The van der Waals surface area contributed by atoms with Crippen molar-refractivity contribution < 1.29 is 8.42 Å². The van der Waals surface area contributed by atoms with Gasteiger partial charge in [-0.25, -0.2) is 13.1 Å². The van der Waals surface area contributed by atoms with Gasteiger partial charge in [0.25, 0.3) is 0 Å². The van der Waals surface area contributed by atoms with Crippen molar-refractivity contribution in [3.63, 3.8) is 0 Å². The summed E-state index contributed by atoms with van der Waals surface area (Å²) in [5, 5.41) is 7.58. The molecule has 6 nitrogen and oxygen atoms in total. The van der Waals surface area contributed by atoms with Crippen molar-refractivity contribution in [2.45, 2.75) is 62.7 Å². The zero-order valence-electron chi connectivity index (χ0n) is 16.7. The Bertz CT molecular complexity index is 718. The number of aliphatic imine (C=N–C) groups is 1. The van der Waals surface area contributed by atoms with Crippen molar-refractivity contribution in [2.75, 3.05) is 13.3 Å². The van der Waals surface area contributed by atoms with Gasteiger partial charge in [0.15, 0.2) is 5.96 Å². The molecule has 2 atom stereocenters. The van der Waals surface area contributed by atoms with E-state index in [-0.39, 0.29) is 11.8 Å². The second-order valence-electron chi connectivity index (χ2n) is 7.29. The molecule has 2 unspecified atom stereocenters. The Morgan fingerprint density at radius 3 is 2.44 bits per heavy atom. The van der Waals surface area contributed by atoms with Crippen LogP contribution in [0.3, 0.4) is 0 Å². The van der Waals surface area contributed by atoms with Crippen LogP contribution >= 0.6 is 11.8 Å². The maximum atomic E-state index is 12.0. The monoisotopic (exact) mass is 412 g/mol. The van der Waals surface area contributed by atoms with E-state index in [1.54, 1.807) is 7.05 Å². The zero-order chi connectivity index (χ0) is 19.9. The van der Waals surface area contributed by atoms with Crippen LogP contribution in [0.5, 0.6) is 0 Å². The van der Waals surface area contributed by atoms with Gasteiger partial charge < -0.3 is 10.6 Å². The Hall–Kier alpha value is -1.25. The first-order valence-corrected chi connectivity index (χ1v) is 12.3. The molecule has 1 fully saturated rings. The van der Waals surface area contributed by atoms with Gasteiger partial charge in [0.05, 0.1) is 5.75 Å². The van der Waals surface area contributed by atoms with E-state index in [1.165, 1.54) is 19.3 Å². The normalized spacial score (nSPS) is 20.9. The van der Waals surface area contributed by atoms with Gasteiger partial charge in [0.2, 0.25) is 10.0 Å². The second-order valence-corrected chi connectivity index (χ2v) is 10.2. The Morgan fingerprint density at radius 2 is 1.89 bits per heavy atom. The topological polar surface area (TPSA) is 82.6 Å². The first kappa shape index (κ1) is 22.0. The summed E-state index contributed by atoms with van der Waals surface area (Å²) in [5.41, 5.74) is 1.87. The highest BCUT2D eigenvalue weighted by Gasteiger charge is 2.24. The predicted molar refractivity (Wildman–Crippen MR) is 116 cm³/mol. The van der Waals surface area contributed by atoms with Gasteiger partial charge in [-0.15, -0.1) is 0 Å². The lowest BCUT2D eigenvalue weighted by atomic mass is 10.1. The number of hydrogen-bond acceptors (Lipinski definition) is 4. The molecule has 0 amide bonds. The summed E-state index contributed by atoms with van der Waals surface area (Å²) in [5.74, 6) is 0.815. The van der Waals surface area contributed by atoms with Crippen LogP contribution in [0.4, 0.5) is 0 Å². The van der Waals surface area contributed by atoms with Gasteiger partial charge in [0.1, 0.15) is 0 Å². The minimum atomic E-state index is -3.29. The molecule has 0 aliphatic heterocycles. The quantitative estimate of drug-likeness (QED) is 0.451. The molecule has 0 aromatic heterocycles. The fourth-order valence-corrected chi connectivity index (χ4v) is 5.46. The second kappa shape index (κ2) is 10.3. The van der Waals surface area contributed by atoms with Gasteiger partial charge in [-0.1, -0.05) is 24.3 Å². The fraction of sp³-hybridized carbons (Fsp3) is 0.632. The molecule has 0 bridgehead atoms. The number of benzene rings is 1. The van der Waals surface area contributed by atoms with E-state index in [1.807, 2.05) is 49.9 Å². The molecule has 27 heavy (non-hydrogen) atoms. The smallest absolute Gasteiger partial charge is 0.216 e. The van der Waals surface area contributed by atoms with Crippen molar-refractivity contribution in [2.24, 2.45) is 4.99 Å². The molecule has 3 N–H and O–H groups in total. The Labute approximate surface area is 168 Å². The highest BCUT2D eigenvalue weighted by Crippen LogP contribution is 2.28. The Morgan fingerprint density at radius 1 is 1.22 bits per heavy atom. The Kier molecular flexibility index (Phi) is 8.44. The summed E-state index contributed by atoms with van der Waals surface area (Å²) in [4.78, 5) is 4.31. The third kappa shape index (κ3) is 7.71. The maximum absolute atomic E-state index is 12.0. The third-order valence-electron chi connectivity index (χ3n) is 4.54. The first-order chi connectivity index (χ1) is 12.8. The number of thioether (sulfide) groups is 1. The summed E-state index contributed by atoms with van der Waals surface area (Å²) >= 11 is 1.94. The van der Waals surface area contributed by atoms with Crippen LogP contribution in [0.2, 0.25) is 0 Å². The molecule has 0 heterocycles. The van der Waals surface area contributed by atoms with E-state index in [0.717, 1.165) is 22.3 Å². The molecule has 1 aliphatic carbocycles. The minimum Gasteiger partial charge on any atom is -0.354 e. The fourth-order valence-electron chi connectivity index (χ4n) is 3.23. The van der Waals surface area contributed by atoms with E-state index < -0.39 is 10.0 Å². The van der Waals surface area contributed by atoms with Gasteiger partial charge in [0, 0.05) is 30.9 Å². The largest absolute Gasteiger partial charge is 0.354 e. The molecular formula is C19H32N4O2S2. The number of hydrogen-bond donors (Lipinski definition) is 3. The maximum Gasteiger partial charge on any atom is 0.216 e. The average molecular weight is 413 g/mol. The van der Waals surface area contributed by atoms with E-state index in [9.17, 15) is 8.42 Å². The standard InChI is InChI=1S/C19H32N4O2S2/c1-14(2)23-27(24,25)13-16-7-5-15(6-8-16)12-21-19(20-3)22-17-9-10-18(11-17)26-4/h5-8,14,17-18,23H,9-13H2,1-4H3,(H2,20,21,22). The summed E-state index contributed by atoms with van der Waals surface area (Å²) in [6.45, 7) is 4.29. The zero-order valence-corrected chi connectivity index (χ0v) is 18.3. The highest BCUT2D eigenvalue weighted by atomic mass is 32.2. The van der Waals surface area contributed by atoms with Crippen LogP contribution in [-0.2, 0) is 22.3 Å². The number of nitrogens with one attached hydrogen (secondary N) is 3. The molecule has 0 spiro atoms. The third-order valence-corrected chi connectivity index (χ3v) is 7.18. The van der Waals surface area contributed by atoms with Crippen molar-refractivity contribution >= 4 is 27.7 Å². The van der Waals surface area contributed by atoms with Gasteiger partial charge >= 0.3 is 0 Å². The van der Waals surface area contributed by atoms with Crippen molar-refractivity contribution in [3.8, 4) is 0 Å². The molecule has 1 aliphatic rings. The summed E-state index contributed by atoms with van der Waals surface area (Å²) in [6.07, 6.45) is 5.79. The van der Waals surface area contributed by atoms with Crippen molar-refractivity contribution in [1.29, 1.82) is 0 Å². The van der Waals surface area contributed by atoms with E-state index >= 15 is 0 Å². The van der Waals surface area contributed by atoms with Crippen molar-refractivity contribution in [3.05, 3.63) is 35.4 Å². The van der Waals surface area contributed by atoms with Crippen LogP contribution in [0.15, 0.2) is 29.3 Å². The van der Waals surface area contributed by atoms with Crippen molar-refractivity contribution in [1.82, 2.24) is 15.4 Å². The number of guanidine groups is 1. The molecule has 0 radical (unpaired) electrons. The minimum absolute atomic E-state index is 0.000396. The SMILES string of the molecule is CN=C(NCc1ccc(CS(=O)(=O)NC(C)C)cc1)NC1CCC(SC)C1. The first-order valence-electron chi connectivity index (χ1n) is 9.39. The molecule has 152 valence electrons. The number of rotatable bonds is 8. The molecule has 1 aromatic carbocycles. The number of sulfonamides is 1. The molecule has 1 aromatic rings. The van der Waals surface area contributed by atoms with Crippen LogP contribution in [0.1, 0.15) is 44.2 Å². The van der Waals surface area contributed by atoms with E-state index in [2.05, 4.69) is 26.6 Å². The van der Waals surface area contributed by atoms with Crippen LogP contribution in [-0.4, -0.2) is 45.0 Å². The molecular weight excluding hydrogens is 380 g/mol. The highest BCUT2D eigenvalue weighted by molar-refractivity contribution is 7.99. The van der Waals surface area contributed by atoms with Crippen LogP contribution < -0.4 is 15.4 Å². The lowest BCUT2D eigenvalue weighted by Gasteiger charge is -2.17. The summed E-state index contributed by atoms with van der Waals surface area (Å²) in [7, 11) is -1.51.